The Morgan fingerprint density at radius 2 is 1.92 bits per heavy atom. The normalized spacial score (nSPS) is 15.2. The Morgan fingerprint density at radius 1 is 1.12 bits per heavy atom. The number of hydrogen-bond acceptors (Lipinski definition) is 3. The monoisotopic (exact) mass is 338 g/mol. The summed E-state index contributed by atoms with van der Waals surface area (Å²) in [6, 6.07) is 12.2. The molecule has 0 spiro atoms. The molecule has 132 valence electrons. The largest absolute Gasteiger partial charge is 0.322 e. The van der Waals surface area contributed by atoms with Crippen LogP contribution in [-0.2, 0) is 13.0 Å². The van der Waals surface area contributed by atoms with Crippen LogP contribution >= 0.6 is 0 Å². The van der Waals surface area contributed by atoms with Gasteiger partial charge in [0.1, 0.15) is 0 Å². The molecule has 1 saturated heterocycles. The van der Waals surface area contributed by atoms with Gasteiger partial charge >= 0.3 is 6.03 Å². The van der Waals surface area contributed by atoms with Gasteiger partial charge in [0, 0.05) is 44.6 Å². The van der Waals surface area contributed by atoms with E-state index in [1.165, 1.54) is 5.56 Å². The van der Waals surface area contributed by atoms with Crippen LogP contribution in [0.15, 0.2) is 42.6 Å². The number of amides is 2. The van der Waals surface area contributed by atoms with Gasteiger partial charge < -0.3 is 10.2 Å². The van der Waals surface area contributed by atoms with Gasteiger partial charge in [0.05, 0.1) is 5.69 Å². The highest BCUT2D eigenvalue weighted by atomic mass is 16.2. The number of nitrogens with zero attached hydrogens (tertiary/aromatic N) is 3. The number of hydrogen-bond donors (Lipinski definition) is 1. The van der Waals surface area contributed by atoms with Crippen LogP contribution in [0.2, 0.25) is 0 Å². The summed E-state index contributed by atoms with van der Waals surface area (Å²) in [5.74, 6) is 0. The third-order valence-electron chi connectivity index (χ3n) is 4.74. The number of carbonyl (C=O) groups excluding carboxylic acids is 1. The van der Waals surface area contributed by atoms with Crippen LogP contribution in [-0.4, -0.2) is 47.0 Å². The van der Waals surface area contributed by atoms with E-state index in [0.717, 1.165) is 56.1 Å². The second-order valence-electron chi connectivity index (χ2n) is 6.48. The summed E-state index contributed by atoms with van der Waals surface area (Å²) in [7, 11) is 0. The van der Waals surface area contributed by atoms with Crippen molar-refractivity contribution in [3.05, 3.63) is 59.4 Å². The number of aromatic nitrogens is 1. The summed E-state index contributed by atoms with van der Waals surface area (Å²) < 4.78 is 0. The van der Waals surface area contributed by atoms with Crippen molar-refractivity contribution in [3.63, 3.8) is 0 Å². The second-order valence-corrected chi connectivity index (χ2v) is 6.48. The zero-order valence-corrected chi connectivity index (χ0v) is 15.0. The highest BCUT2D eigenvalue weighted by molar-refractivity contribution is 5.91. The van der Waals surface area contributed by atoms with E-state index in [0.29, 0.717) is 0 Å². The number of carbonyl (C=O) groups is 1. The Balaban J connectivity index is 1.55. The average molecular weight is 338 g/mol. The van der Waals surface area contributed by atoms with Gasteiger partial charge in [-0.1, -0.05) is 31.2 Å². The molecule has 0 atom stereocenters. The van der Waals surface area contributed by atoms with Crippen molar-refractivity contribution < 1.29 is 4.79 Å². The van der Waals surface area contributed by atoms with Crippen LogP contribution in [0.1, 0.15) is 23.7 Å². The second kappa shape index (κ2) is 8.12. The Kier molecular flexibility index (Phi) is 5.66. The first-order chi connectivity index (χ1) is 12.2. The van der Waals surface area contributed by atoms with E-state index in [9.17, 15) is 4.79 Å². The summed E-state index contributed by atoms with van der Waals surface area (Å²) in [5, 5.41) is 3.12. The number of aryl methyl sites for hydroxylation is 2. The summed E-state index contributed by atoms with van der Waals surface area (Å²) >= 11 is 0. The van der Waals surface area contributed by atoms with Crippen LogP contribution in [0.4, 0.5) is 10.5 Å². The molecular weight excluding hydrogens is 312 g/mol. The molecule has 3 rings (SSSR count). The van der Waals surface area contributed by atoms with E-state index in [4.69, 9.17) is 0 Å². The van der Waals surface area contributed by atoms with Crippen molar-refractivity contribution in [2.24, 2.45) is 0 Å². The van der Waals surface area contributed by atoms with Crippen molar-refractivity contribution in [1.82, 2.24) is 14.8 Å². The predicted molar refractivity (Wildman–Crippen MR) is 101 cm³/mol. The van der Waals surface area contributed by atoms with Crippen LogP contribution < -0.4 is 5.32 Å². The SMILES string of the molecule is CCc1cccc(C)c1NC(=O)N1CCN(Cc2ccccn2)CC1. The molecule has 2 heterocycles. The molecule has 0 unspecified atom stereocenters. The van der Waals surface area contributed by atoms with Crippen molar-refractivity contribution in [3.8, 4) is 0 Å². The van der Waals surface area contributed by atoms with E-state index in [1.54, 1.807) is 0 Å². The van der Waals surface area contributed by atoms with E-state index in [1.807, 2.05) is 48.4 Å². The Labute approximate surface area is 149 Å². The summed E-state index contributed by atoms with van der Waals surface area (Å²) in [6.07, 6.45) is 2.74. The number of urea groups is 1. The van der Waals surface area contributed by atoms with Crippen LogP contribution in [0.5, 0.6) is 0 Å². The fourth-order valence-corrected chi connectivity index (χ4v) is 3.22. The standard InChI is InChI=1S/C20H26N4O/c1-3-17-8-6-7-16(2)19(17)22-20(25)24-13-11-23(12-14-24)15-18-9-4-5-10-21-18/h4-10H,3,11-15H2,1-2H3,(H,22,25). The number of nitrogens with one attached hydrogen (secondary N) is 1. The molecule has 0 bridgehead atoms. The zero-order valence-electron chi connectivity index (χ0n) is 15.0. The first-order valence-electron chi connectivity index (χ1n) is 8.94. The molecular formula is C20H26N4O. The van der Waals surface area contributed by atoms with E-state index >= 15 is 0 Å². The molecule has 0 aliphatic carbocycles. The van der Waals surface area contributed by atoms with Crippen LogP contribution in [0.25, 0.3) is 0 Å². The van der Waals surface area contributed by atoms with Crippen molar-refractivity contribution in [1.29, 1.82) is 0 Å². The first-order valence-corrected chi connectivity index (χ1v) is 8.94. The highest BCUT2D eigenvalue weighted by Crippen LogP contribution is 2.21. The maximum absolute atomic E-state index is 12.6. The lowest BCUT2D eigenvalue weighted by molar-refractivity contribution is 0.142. The molecule has 1 fully saturated rings. The Bertz CT molecular complexity index is 709. The predicted octanol–water partition coefficient (Wildman–Crippen LogP) is 3.30. The smallest absolute Gasteiger partial charge is 0.321 e. The molecule has 2 aromatic rings. The molecule has 25 heavy (non-hydrogen) atoms. The fourth-order valence-electron chi connectivity index (χ4n) is 3.22. The molecule has 1 aliphatic rings. The van der Waals surface area contributed by atoms with Crippen molar-refractivity contribution >= 4 is 11.7 Å². The summed E-state index contributed by atoms with van der Waals surface area (Å²) in [5.41, 5.74) is 4.34. The molecule has 0 radical (unpaired) electrons. The number of rotatable bonds is 4. The summed E-state index contributed by atoms with van der Waals surface area (Å²) in [4.78, 5) is 21.3. The van der Waals surface area contributed by atoms with E-state index in [-0.39, 0.29) is 6.03 Å². The van der Waals surface area contributed by atoms with Gasteiger partial charge in [0.15, 0.2) is 0 Å². The molecule has 1 aromatic heterocycles. The van der Waals surface area contributed by atoms with Gasteiger partial charge in [0.25, 0.3) is 0 Å². The minimum atomic E-state index is 0.00138. The van der Waals surface area contributed by atoms with Crippen LogP contribution in [0.3, 0.4) is 0 Å². The minimum absolute atomic E-state index is 0.00138. The third-order valence-corrected chi connectivity index (χ3v) is 4.74. The topological polar surface area (TPSA) is 48.5 Å². The molecule has 2 amide bonds. The number of pyridine rings is 1. The van der Waals surface area contributed by atoms with Gasteiger partial charge in [-0.05, 0) is 36.6 Å². The molecule has 0 saturated carbocycles. The van der Waals surface area contributed by atoms with Gasteiger partial charge in [0.2, 0.25) is 0 Å². The Hall–Kier alpha value is -2.40. The van der Waals surface area contributed by atoms with Gasteiger partial charge in [-0.2, -0.15) is 0 Å². The van der Waals surface area contributed by atoms with Gasteiger partial charge in [-0.15, -0.1) is 0 Å². The quantitative estimate of drug-likeness (QED) is 0.930. The average Bonchev–Trinajstić information content (AvgIpc) is 2.64. The minimum Gasteiger partial charge on any atom is -0.322 e. The molecule has 5 heteroatoms. The third kappa shape index (κ3) is 4.37. The molecule has 1 aromatic carbocycles. The van der Waals surface area contributed by atoms with E-state index in [2.05, 4.69) is 28.2 Å². The molecule has 1 aliphatic heterocycles. The number of para-hydroxylation sites is 1. The maximum atomic E-state index is 12.6. The van der Waals surface area contributed by atoms with Gasteiger partial charge in [-0.3, -0.25) is 9.88 Å². The molecule has 5 nitrogen and oxygen atoms in total. The number of piperazine rings is 1. The summed E-state index contributed by atoms with van der Waals surface area (Å²) in [6.45, 7) is 8.23. The number of benzene rings is 1. The lowest BCUT2D eigenvalue weighted by Crippen LogP contribution is -2.49. The first kappa shape index (κ1) is 17.4. The fraction of sp³-hybridized carbons (Fsp3) is 0.400. The van der Waals surface area contributed by atoms with Crippen molar-refractivity contribution in [2.45, 2.75) is 26.8 Å². The van der Waals surface area contributed by atoms with Crippen LogP contribution in [0, 0.1) is 6.92 Å². The highest BCUT2D eigenvalue weighted by Gasteiger charge is 2.22. The number of anilines is 1. The van der Waals surface area contributed by atoms with Crippen molar-refractivity contribution in [2.75, 3.05) is 31.5 Å². The zero-order chi connectivity index (χ0) is 17.6. The lowest BCUT2D eigenvalue weighted by Gasteiger charge is -2.34. The molecule has 1 N–H and O–H groups in total. The Morgan fingerprint density at radius 3 is 2.60 bits per heavy atom. The van der Waals surface area contributed by atoms with Gasteiger partial charge in [-0.25, -0.2) is 4.79 Å². The lowest BCUT2D eigenvalue weighted by atomic mass is 10.1. The maximum Gasteiger partial charge on any atom is 0.321 e. The van der Waals surface area contributed by atoms with E-state index < -0.39 is 0 Å².